The standard InChI is InChI=1S/C16H17NO2/c18-11-14-6-8-15(9-7-14)17-16(12-19)10-13-4-2-1-3-5-13/h1-9,11,16-17,19H,10,12H2/t16-/m0/s1. The van der Waals surface area contributed by atoms with Crippen LogP contribution >= 0.6 is 0 Å². The minimum Gasteiger partial charge on any atom is -0.394 e. The van der Waals surface area contributed by atoms with E-state index in [1.165, 1.54) is 5.56 Å². The number of carbonyl (C=O) groups is 1. The van der Waals surface area contributed by atoms with E-state index in [4.69, 9.17) is 0 Å². The quantitative estimate of drug-likeness (QED) is 0.780. The van der Waals surface area contributed by atoms with Crippen molar-refractivity contribution >= 4 is 12.0 Å². The minimum atomic E-state index is -0.0375. The maximum atomic E-state index is 10.6. The summed E-state index contributed by atoms with van der Waals surface area (Å²) in [7, 11) is 0. The molecule has 98 valence electrons. The Labute approximate surface area is 112 Å². The lowest BCUT2D eigenvalue weighted by atomic mass is 10.1. The average molecular weight is 255 g/mol. The maximum absolute atomic E-state index is 10.6. The van der Waals surface area contributed by atoms with Gasteiger partial charge in [-0.1, -0.05) is 30.3 Å². The highest BCUT2D eigenvalue weighted by Crippen LogP contribution is 2.12. The molecular formula is C16H17NO2. The molecule has 2 rings (SSSR count). The molecule has 0 spiro atoms. The zero-order valence-corrected chi connectivity index (χ0v) is 10.6. The van der Waals surface area contributed by atoms with Crippen LogP contribution in [0.15, 0.2) is 54.6 Å². The Kier molecular flexibility index (Phi) is 4.70. The molecule has 19 heavy (non-hydrogen) atoms. The smallest absolute Gasteiger partial charge is 0.150 e. The number of aliphatic hydroxyl groups excluding tert-OH is 1. The fourth-order valence-electron chi connectivity index (χ4n) is 1.95. The molecular weight excluding hydrogens is 238 g/mol. The van der Waals surface area contributed by atoms with E-state index in [1.807, 2.05) is 42.5 Å². The van der Waals surface area contributed by atoms with E-state index in [-0.39, 0.29) is 12.6 Å². The number of aliphatic hydroxyl groups is 1. The summed E-state index contributed by atoms with van der Waals surface area (Å²) >= 11 is 0. The second-order valence-corrected chi connectivity index (χ2v) is 4.45. The number of aldehydes is 1. The number of hydrogen-bond donors (Lipinski definition) is 2. The summed E-state index contributed by atoms with van der Waals surface area (Å²) in [5.41, 5.74) is 2.73. The average Bonchev–Trinajstić information content (AvgIpc) is 2.48. The second-order valence-electron chi connectivity index (χ2n) is 4.45. The van der Waals surface area contributed by atoms with Gasteiger partial charge in [0.05, 0.1) is 12.6 Å². The Morgan fingerprint density at radius 1 is 1.05 bits per heavy atom. The largest absolute Gasteiger partial charge is 0.394 e. The van der Waals surface area contributed by atoms with Crippen molar-refractivity contribution in [3.63, 3.8) is 0 Å². The van der Waals surface area contributed by atoms with Gasteiger partial charge in [0.1, 0.15) is 6.29 Å². The van der Waals surface area contributed by atoms with E-state index in [2.05, 4.69) is 5.32 Å². The Morgan fingerprint density at radius 3 is 2.32 bits per heavy atom. The molecule has 2 aromatic rings. The third-order valence-electron chi connectivity index (χ3n) is 2.96. The maximum Gasteiger partial charge on any atom is 0.150 e. The lowest BCUT2D eigenvalue weighted by Gasteiger charge is -2.17. The van der Waals surface area contributed by atoms with Crippen molar-refractivity contribution in [1.82, 2.24) is 0 Å². The molecule has 0 saturated carbocycles. The van der Waals surface area contributed by atoms with Crippen LogP contribution in [0.25, 0.3) is 0 Å². The van der Waals surface area contributed by atoms with Crippen molar-refractivity contribution in [2.24, 2.45) is 0 Å². The summed E-state index contributed by atoms with van der Waals surface area (Å²) in [5, 5.41) is 12.7. The zero-order valence-electron chi connectivity index (χ0n) is 10.6. The molecule has 3 nitrogen and oxygen atoms in total. The molecule has 0 aliphatic heterocycles. The van der Waals surface area contributed by atoms with E-state index in [0.29, 0.717) is 5.56 Å². The van der Waals surface area contributed by atoms with Crippen molar-refractivity contribution < 1.29 is 9.90 Å². The summed E-state index contributed by atoms with van der Waals surface area (Å²) in [5.74, 6) is 0. The van der Waals surface area contributed by atoms with E-state index >= 15 is 0 Å². The van der Waals surface area contributed by atoms with Crippen molar-refractivity contribution in [2.45, 2.75) is 12.5 Å². The molecule has 2 N–H and O–H groups in total. The number of anilines is 1. The van der Waals surface area contributed by atoms with Gasteiger partial charge >= 0.3 is 0 Å². The molecule has 0 radical (unpaired) electrons. The van der Waals surface area contributed by atoms with Crippen LogP contribution in [-0.2, 0) is 6.42 Å². The van der Waals surface area contributed by atoms with Gasteiger partial charge in [-0.05, 0) is 36.2 Å². The Bertz CT molecular complexity index is 508. The van der Waals surface area contributed by atoms with Gasteiger partial charge in [-0.15, -0.1) is 0 Å². The third-order valence-corrected chi connectivity index (χ3v) is 2.96. The number of hydrogen-bond acceptors (Lipinski definition) is 3. The molecule has 0 aliphatic rings. The lowest BCUT2D eigenvalue weighted by molar-refractivity contribution is 0.112. The van der Waals surface area contributed by atoms with Crippen molar-refractivity contribution in [1.29, 1.82) is 0 Å². The van der Waals surface area contributed by atoms with Crippen LogP contribution in [0.2, 0.25) is 0 Å². The van der Waals surface area contributed by atoms with E-state index in [9.17, 15) is 9.90 Å². The topological polar surface area (TPSA) is 49.3 Å². The van der Waals surface area contributed by atoms with Crippen LogP contribution in [0.3, 0.4) is 0 Å². The molecule has 0 amide bonds. The Balaban J connectivity index is 2.00. The monoisotopic (exact) mass is 255 g/mol. The summed E-state index contributed by atoms with van der Waals surface area (Å²) in [4.78, 5) is 10.6. The van der Waals surface area contributed by atoms with Gasteiger partial charge < -0.3 is 10.4 Å². The first-order valence-corrected chi connectivity index (χ1v) is 6.28. The van der Waals surface area contributed by atoms with Gasteiger partial charge in [-0.2, -0.15) is 0 Å². The van der Waals surface area contributed by atoms with Gasteiger partial charge in [-0.3, -0.25) is 4.79 Å². The highest BCUT2D eigenvalue weighted by atomic mass is 16.3. The Morgan fingerprint density at radius 2 is 1.74 bits per heavy atom. The van der Waals surface area contributed by atoms with Crippen LogP contribution in [0.1, 0.15) is 15.9 Å². The van der Waals surface area contributed by atoms with Crippen LogP contribution in [0.4, 0.5) is 5.69 Å². The number of rotatable bonds is 6. The fraction of sp³-hybridized carbons (Fsp3) is 0.188. The van der Waals surface area contributed by atoms with Crippen molar-refractivity contribution in [2.75, 3.05) is 11.9 Å². The van der Waals surface area contributed by atoms with Gasteiger partial charge in [0, 0.05) is 11.3 Å². The van der Waals surface area contributed by atoms with Crippen LogP contribution < -0.4 is 5.32 Å². The Hall–Kier alpha value is -2.13. The molecule has 2 aromatic carbocycles. The molecule has 0 unspecified atom stereocenters. The molecule has 1 atom stereocenters. The molecule has 0 saturated heterocycles. The van der Waals surface area contributed by atoms with Crippen LogP contribution in [0, 0.1) is 0 Å². The predicted molar refractivity (Wildman–Crippen MR) is 76.5 cm³/mol. The zero-order chi connectivity index (χ0) is 13.5. The highest BCUT2D eigenvalue weighted by molar-refractivity contribution is 5.75. The third kappa shape index (κ3) is 3.93. The summed E-state index contributed by atoms with van der Waals surface area (Å²) in [6.45, 7) is 0.0598. The van der Waals surface area contributed by atoms with E-state index in [0.717, 1.165) is 18.4 Å². The molecule has 0 heterocycles. The van der Waals surface area contributed by atoms with E-state index < -0.39 is 0 Å². The molecule has 0 aliphatic carbocycles. The van der Waals surface area contributed by atoms with Gasteiger partial charge in [-0.25, -0.2) is 0 Å². The predicted octanol–water partition coefficient (Wildman–Crippen LogP) is 2.51. The number of benzene rings is 2. The molecule has 3 heteroatoms. The van der Waals surface area contributed by atoms with Crippen molar-refractivity contribution in [3.8, 4) is 0 Å². The second kappa shape index (κ2) is 6.71. The highest BCUT2D eigenvalue weighted by Gasteiger charge is 2.08. The molecule has 0 fully saturated rings. The normalized spacial score (nSPS) is 11.8. The number of carbonyl (C=O) groups excluding carboxylic acids is 1. The first kappa shape index (κ1) is 13.3. The first-order valence-electron chi connectivity index (χ1n) is 6.28. The van der Waals surface area contributed by atoms with Gasteiger partial charge in [0.2, 0.25) is 0 Å². The van der Waals surface area contributed by atoms with Crippen molar-refractivity contribution in [3.05, 3.63) is 65.7 Å². The summed E-state index contributed by atoms with van der Waals surface area (Å²) in [6, 6.07) is 17.2. The molecule has 0 aromatic heterocycles. The van der Waals surface area contributed by atoms with Crippen LogP contribution in [0.5, 0.6) is 0 Å². The lowest BCUT2D eigenvalue weighted by Crippen LogP contribution is -2.26. The summed E-state index contributed by atoms with van der Waals surface area (Å²) < 4.78 is 0. The van der Waals surface area contributed by atoms with Gasteiger partial charge in [0.15, 0.2) is 0 Å². The SMILES string of the molecule is O=Cc1ccc(N[C@H](CO)Cc2ccccc2)cc1. The first-order chi connectivity index (χ1) is 9.31. The fourth-order valence-corrected chi connectivity index (χ4v) is 1.95. The minimum absolute atomic E-state index is 0.0375. The van der Waals surface area contributed by atoms with E-state index in [1.54, 1.807) is 12.1 Å². The number of nitrogens with one attached hydrogen (secondary N) is 1. The molecule has 0 bridgehead atoms. The van der Waals surface area contributed by atoms with Gasteiger partial charge in [0.25, 0.3) is 0 Å². The summed E-state index contributed by atoms with van der Waals surface area (Å²) in [6.07, 6.45) is 1.57. The van der Waals surface area contributed by atoms with Crippen LogP contribution in [-0.4, -0.2) is 24.0 Å².